The van der Waals surface area contributed by atoms with Gasteiger partial charge in [-0.05, 0) is 44.4 Å². The summed E-state index contributed by atoms with van der Waals surface area (Å²) < 4.78 is 28.2. The molecule has 1 aromatic rings. The number of rotatable bonds is 2. The monoisotopic (exact) mass is 294 g/mol. The van der Waals surface area contributed by atoms with Gasteiger partial charge >= 0.3 is 0 Å². The Morgan fingerprint density at radius 1 is 1.14 bits per heavy atom. The van der Waals surface area contributed by atoms with Gasteiger partial charge in [0.25, 0.3) is 0 Å². The maximum atomic E-state index is 14.3. The number of benzene rings is 1. The first-order valence-corrected chi connectivity index (χ1v) is 8.06. The smallest absolute Gasteiger partial charge is 0.146 e. The van der Waals surface area contributed by atoms with Gasteiger partial charge in [-0.1, -0.05) is 13.3 Å². The van der Waals surface area contributed by atoms with E-state index in [0.29, 0.717) is 17.3 Å². The van der Waals surface area contributed by atoms with Crippen LogP contribution in [0.15, 0.2) is 12.1 Å². The third-order valence-corrected chi connectivity index (χ3v) is 5.05. The van der Waals surface area contributed by atoms with Crippen LogP contribution in [0.5, 0.6) is 0 Å². The first-order valence-electron chi connectivity index (χ1n) is 8.06. The highest BCUT2D eigenvalue weighted by molar-refractivity contribution is 5.51. The van der Waals surface area contributed by atoms with E-state index in [4.69, 9.17) is 0 Å². The molecule has 4 heteroatoms. The first-order chi connectivity index (χ1) is 10.1. The predicted octanol–water partition coefficient (Wildman–Crippen LogP) is 3.73. The Kier molecular flexibility index (Phi) is 4.16. The zero-order valence-corrected chi connectivity index (χ0v) is 12.9. The molecule has 2 unspecified atom stereocenters. The molecule has 21 heavy (non-hydrogen) atoms. The normalized spacial score (nSPS) is 26.8. The average molecular weight is 294 g/mol. The molecule has 2 aliphatic heterocycles. The lowest BCUT2D eigenvalue weighted by molar-refractivity contribution is 0.110. The number of hydrogen-bond donors (Lipinski definition) is 0. The molecule has 2 nitrogen and oxygen atoms in total. The van der Waals surface area contributed by atoms with Crippen LogP contribution in [0.3, 0.4) is 0 Å². The Morgan fingerprint density at radius 3 is 2.71 bits per heavy atom. The van der Waals surface area contributed by atoms with Gasteiger partial charge < -0.3 is 4.90 Å². The number of nitrogens with zero attached hydrogens (tertiary/aromatic N) is 2. The summed E-state index contributed by atoms with van der Waals surface area (Å²) in [6.45, 7) is 6.68. The molecule has 0 N–H and O–H groups in total. The number of fused-ring (bicyclic) bond motifs is 1. The SMILES string of the molecule is CCC1CN2CCCCC2CN1c1cc(F)c(C)cc1F. The van der Waals surface area contributed by atoms with Gasteiger partial charge in [-0.2, -0.15) is 0 Å². The average Bonchev–Trinajstić information content (AvgIpc) is 2.49. The molecule has 0 spiro atoms. The Balaban J connectivity index is 1.90. The largest absolute Gasteiger partial charge is 0.363 e. The fourth-order valence-corrected chi connectivity index (χ4v) is 3.75. The summed E-state index contributed by atoms with van der Waals surface area (Å²) in [7, 11) is 0. The molecule has 2 heterocycles. The molecule has 1 aromatic carbocycles. The minimum absolute atomic E-state index is 0.274. The summed E-state index contributed by atoms with van der Waals surface area (Å²) in [5.74, 6) is -0.607. The van der Waals surface area contributed by atoms with Crippen LogP contribution in [0.1, 0.15) is 38.2 Å². The molecule has 2 atom stereocenters. The van der Waals surface area contributed by atoms with Crippen molar-refractivity contribution in [2.75, 3.05) is 24.5 Å². The maximum absolute atomic E-state index is 14.3. The molecule has 0 bridgehead atoms. The first kappa shape index (κ1) is 14.8. The molecule has 0 saturated carbocycles. The van der Waals surface area contributed by atoms with Crippen molar-refractivity contribution in [2.45, 2.75) is 51.6 Å². The van der Waals surface area contributed by atoms with E-state index in [2.05, 4.69) is 16.7 Å². The topological polar surface area (TPSA) is 6.48 Å². The number of halogens is 2. The second kappa shape index (κ2) is 5.91. The molecule has 3 rings (SSSR count). The molecule has 0 amide bonds. The van der Waals surface area contributed by atoms with Gasteiger partial charge in [0, 0.05) is 31.2 Å². The molecular weight excluding hydrogens is 270 g/mol. The summed E-state index contributed by atoms with van der Waals surface area (Å²) >= 11 is 0. The van der Waals surface area contributed by atoms with Gasteiger partial charge in [-0.3, -0.25) is 4.90 Å². The second-order valence-corrected chi connectivity index (χ2v) is 6.41. The summed E-state index contributed by atoms with van der Waals surface area (Å²) in [5, 5.41) is 0. The van der Waals surface area contributed by atoms with Gasteiger partial charge in [-0.25, -0.2) is 8.78 Å². The second-order valence-electron chi connectivity index (χ2n) is 6.41. The van der Waals surface area contributed by atoms with Crippen LogP contribution in [0.4, 0.5) is 14.5 Å². The Bertz CT molecular complexity index is 518. The highest BCUT2D eigenvalue weighted by Crippen LogP contribution is 2.32. The van der Waals surface area contributed by atoms with E-state index in [1.165, 1.54) is 31.4 Å². The summed E-state index contributed by atoms with van der Waals surface area (Å²) in [4.78, 5) is 4.64. The van der Waals surface area contributed by atoms with Crippen molar-refractivity contribution in [3.63, 3.8) is 0 Å². The van der Waals surface area contributed by atoms with Crippen LogP contribution >= 0.6 is 0 Å². The Morgan fingerprint density at radius 2 is 1.95 bits per heavy atom. The fourth-order valence-electron chi connectivity index (χ4n) is 3.75. The number of anilines is 1. The van der Waals surface area contributed by atoms with Crippen molar-refractivity contribution in [1.29, 1.82) is 0 Å². The predicted molar refractivity (Wildman–Crippen MR) is 81.7 cm³/mol. The van der Waals surface area contributed by atoms with Crippen molar-refractivity contribution in [3.05, 3.63) is 29.3 Å². The van der Waals surface area contributed by atoms with Crippen LogP contribution in [-0.4, -0.2) is 36.6 Å². The van der Waals surface area contributed by atoms with Gasteiger partial charge in [0.15, 0.2) is 0 Å². The minimum atomic E-state index is -0.313. The molecular formula is C17H24F2N2. The van der Waals surface area contributed by atoms with E-state index in [0.717, 1.165) is 26.1 Å². The lowest BCUT2D eigenvalue weighted by Gasteiger charge is -2.49. The summed E-state index contributed by atoms with van der Waals surface area (Å²) in [6, 6.07) is 3.47. The molecule has 2 saturated heterocycles. The summed E-state index contributed by atoms with van der Waals surface area (Å²) in [6.07, 6.45) is 4.64. The van der Waals surface area contributed by atoms with Crippen LogP contribution in [0, 0.1) is 18.6 Å². The minimum Gasteiger partial charge on any atom is -0.363 e. The third kappa shape index (κ3) is 2.78. The highest BCUT2D eigenvalue weighted by Gasteiger charge is 2.35. The fraction of sp³-hybridized carbons (Fsp3) is 0.647. The number of aryl methyl sites for hydroxylation is 1. The molecule has 0 aromatic heterocycles. The molecule has 2 aliphatic rings. The zero-order valence-electron chi connectivity index (χ0n) is 12.9. The van der Waals surface area contributed by atoms with Gasteiger partial charge in [0.2, 0.25) is 0 Å². The van der Waals surface area contributed by atoms with Crippen LogP contribution < -0.4 is 4.90 Å². The van der Waals surface area contributed by atoms with Gasteiger partial charge in [-0.15, -0.1) is 0 Å². The zero-order chi connectivity index (χ0) is 15.0. The van der Waals surface area contributed by atoms with Crippen molar-refractivity contribution >= 4 is 5.69 Å². The van der Waals surface area contributed by atoms with Crippen LogP contribution in [0.2, 0.25) is 0 Å². The van der Waals surface area contributed by atoms with E-state index >= 15 is 0 Å². The number of piperidine rings is 1. The van der Waals surface area contributed by atoms with E-state index in [1.807, 2.05) is 0 Å². The van der Waals surface area contributed by atoms with E-state index in [9.17, 15) is 8.78 Å². The third-order valence-electron chi connectivity index (χ3n) is 5.05. The van der Waals surface area contributed by atoms with E-state index in [1.54, 1.807) is 6.92 Å². The lowest BCUT2D eigenvalue weighted by Crippen LogP contribution is -2.59. The molecule has 0 radical (unpaired) electrons. The van der Waals surface area contributed by atoms with Crippen LogP contribution in [0.25, 0.3) is 0 Å². The van der Waals surface area contributed by atoms with Gasteiger partial charge in [0.05, 0.1) is 5.69 Å². The van der Waals surface area contributed by atoms with Crippen LogP contribution in [-0.2, 0) is 0 Å². The highest BCUT2D eigenvalue weighted by atomic mass is 19.1. The summed E-state index contributed by atoms with van der Waals surface area (Å²) in [5.41, 5.74) is 0.816. The quantitative estimate of drug-likeness (QED) is 0.820. The van der Waals surface area contributed by atoms with E-state index < -0.39 is 0 Å². The standard InChI is InChI=1S/C17H24F2N2/c1-3-13-10-20-7-5-4-6-14(20)11-21(13)17-9-15(18)12(2)8-16(17)19/h8-9,13-14H,3-7,10-11H2,1-2H3. The van der Waals surface area contributed by atoms with Crippen molar-refractivity contribution < 1.29 is 8.78 Å². The van der Waals surface area contributed by atoms with Crippen molar-refractivity contribution in [2.24, 2.45) is 0 Å². The maximum Gasteiger partial charge on any atom is 0.146 e. The number of hydrogen-bond acceptors (Lipinski definition) is 2. The molecule has 0 aliphatic carbocycles. The molecule has 2 fully saturated rings. The van der Waals surface area contributed by atoms with Crippen molar-refractivity contribution in [3.8, 4) is 0 Å². The van der Waals surface area contributed by atoms with E-state index in [-0.39, 0.29) is 17.7 Å². The lowest BCUT2D eigenvalue weighted by atomic mass is 9.95. The Hall–Kier alpha value is -1.16. The van der Waals surface area contributed by atoms with Gasteiger partial charge in [0.1, 0.15) is 11.6 Å². The Labute approximate surface area is 125 Å². The van der Waals surface area contributed by atoms with Crippen molar-refractivity contribution in [1.82, 2.24) is 4.90 Å². The number of piperazine rings is 1. The molecule has 116 valence electrons.